The van der Waals surface area contributed by atoms with Crippen LogP contribution in [0.15, 0.2) is 66.9 Å². The molecule has 0 aliphatic rings. The standard InChI is InChI=1S/C25H23ClN2O/c1-3-22-25(28-15-14-20(26)16-24(28)27-22)23(29)13-10-18-8-11-19(12-9-18)21-7-5-4-6-17(21)2/h4-9,11-12,14-16H,3,10,13H2,1-2H3. The van der Waals surface area contributed by atoms with Crippen molar-refractivity contribution in [3.8, 4) is 11.1 Å². The molecule has 4 aromatic rings. The van der Waals surface area contributed by atoms with Crippen molar-refractivity contribution >= 4 is 23.0 Å². The van der Waals surface area contributed by atoms with E-state index in [1.54, 1.807) is 12.1 Å². The van der Waals surface area contributed by atoms with Gasteiger partial charge in [-0.1, -0.05) is 67.1 Å². The Morgan fingerprint density at radius 1 is 1.07 bits per heavy atom. The quantitative estimate of drug-likeness (QED) is 0.352. The summed E-state index contributed by atoms with van der Waals surface area (Å²) in [5.41, 5.74) is 7.08. The van der Waals surface area contributed by atoms with Crippen molar-refractivity contribution in [3.05, 3.63) is 94.4 Å². The van der Waals surface area contributed by atoms with Crippen molar-refractivity contribution in [1.29, 1.82) is 0 Å². The van der Waals surface area contributed by atoms with Crippen LogP contribution in [0.5, 0.6) is 0 Å². The topological polar surface area (TPSA) is 34.4 Å². The Morgan fingerprint density at radius 3 is 2.55 bits per heavy atom. The molecule has 0 aliphatic carbocycles. The fraction of sp³-hybridized carbons (Fsp3) is 0.200. The highest BCUT2D eigenvalue weighted by molar-refractivity contribution is 6.30. The number of hydrogen-bond donors (Lipinski definition) is 0. The van der Waals surface area contributed by atoms with Gasteiger partial charge in [-0.15, -0.1) is 0 Å². The largest absolute Gasteiger partial charge is 0.297 e. The highest BCUT2D eigenvalue weighted by Gasteiger charge is 2.18. The van der Waals surface area contributed by atoms with Crippen LogP contribution in [-0.4, -0.2) is 15.2 Å². The number of carbonyl (C=O) groups is 1. The third kappa shape index (κ3) is 3.96. The average molecular weight is 403 g/mol. The van der Waals surface area contributed by atoms with Crippen molar-refractivity contribution in [1.82, 2.24) is 9.38 Å². The molecular weight excluding hydrogens is 380 g/mol. The predicted octanol–water partition coefficient (Wildman–Crippen LogP) is 6.34. The second-order valence-electron chi connectivity index (χ2n) is 7.27. The molecule has 0 atom stereocenters. The molecular formula is C25H23ClN2O. The number of rotatable bonds is 6. The summed E-state index contributed by atoms with van der Waals surface area (Å²) in [7, 11) is 0. The molecule has 2 aromatic carbocycles. The summed E-state index contributed by atoms with van der Waals surface area (Å²) in [5, 5.41) is 0.623. The Balaban J connectivity index is 1.52. The average Bonchev–Trinajstić information content (AvgIpc) is 3.10. The molecule has 2 aromatic heterocycles. The van der Waals surface area contributed by atoms with E-state index in [9.17, 15) is 4.79 Å². The highest BCUT2D eigenvalue weighted by atomic mass is 35.5. The molecule has 2 heterocycles. The van der Waals surface area contributed by atoms with Gasteiger partial charge in [0.2, 0.25) is 0 Å². The van der Waals surface area contributed by atoms with E-state index in [2.05, 4.69) is 60.4 Å². The molecule has 0 saturated heterocycles. The van der Waals surface area contributed by atoms with Gasteiger partial charge in [-0.3, -0.25) is 9.20 Å². The van der Waals surface area contributed by atoms with Gasteiger partial charge >= 0.3 is 0 Å². The maximum atomic E-state index is 13.0. The number of halogens is 1. The van der Waals surface area contributed by atoms with Gasteiger partial charge in [-0.05, 0) is 48.1 Å². The van der Waals surface area contributed by atoms with Crippen LogP contribution in [0.2, 0.25) is 5.02 Å². The minimum atomic E-state index is 0.111. The first kappa shape index (κ1) is 19.4. The lowest BCUT2D eigenvalue weighted by atomic mass is 9.98. The van der Waals surface area contributed by atoms with Crippen molar-refractivity contribution in [2.45, 2.75) is 33.1 Å². The van der Waals surface area contributed by atoms with Crippen molar-refractivity contribution in [3.63, 3.8) is 0 Å². The SMILES string of the molecule is CCc1nc2cc(Cl)ccn2c1C(=O)CCc1ccc(-c2ccccc2C)cc1. The molecule has 0 spiro atoms. The Bertz CT molecular complexity index is 1180. The molecule has 0 unspecified atom stereocenters. The van der Waals surface area contributed by atoms with E-state index in [-0.39, 0.29) is 5.78 Å². The maximum absolute atomic E-state index is 13.0. The summed E-state index contributed by atoms with van der Waals surface area (Å²) in [6, 6.07) is 20.5. The third-order valence-corrected chi connectivity index (χ3v) is 5.55. The molecule has 4 heteroatoms. The van der Waals surface area contributed by atoms with Gasteiger partial charge in [0, 0.05) is 23.7 Å². The number of aromatic nitrogens is 2. The van der Waals surface area contributed by atoms with E-state index >= 15 is 0 Å². The Hall–Kier alpha value is -2.91. The van der Waals surface area contributed by atoms with Gasteiger partial charge in [0.05, 0.1) is 5.69 Å². The Kier molecular flexibility index (Phi) is 5.50. The predicted molar refractivity (Wildman–Crippen MR) is 119 cm³/mol. The molecule has 146 valence electrons. The monoisotopic (exact) mass is 402 g/mol. The minimum absolute atomic E-state index is 0.111. The summed E-state index contributed by atoms with van der Waals surface area (Å²) >= 11 is 6.07. The number of hydrogen-bond acceptors (Lipinski definition) is 2. The van der Waals surface area contributed by atoms with Gasteiger partial charge in [0.25, 0.3) is 0 Å². The minimum Gasteiger partial charge on any atom is -0.297 e. The number of Topliss-reactive ketones (excluding diaryl/α,β-unsaturated/α-hetero) is 1. The smallest absolute Gasteiger partial charge is 0.181 e. The van der Waals surface area contributed by atoms with Crippen molar-refractivity contribution in [2.24, 2.45) is 0 Å². The molecule has 0 N–H and O–H groups in total. The fourth-order valence-electron chi connectivity index (χ4n) is 3.73. The van der Waals surface area contributed by atoms with Crippen LogP contribution in [0.25, 0.3) is 16.8 Å². The van der Waals surface area contributed by atoms with Crippen LogP contribution >= 0.6 is 11.6 Å². The normalized spacial score (nSPS) is 11.1. The second-order valence-corrected chi connectivity index (χ2v) is 7.71. The van der Waals surface area contributed by atoms with E-state index in [1.807, 2.05) is 17.5 Å². The number of carbonyl (C=O) groups excluding carboxylic acids is 1. The van der Waals surface area contributed by atoms with Crippen molar-refractivity contribution in [2.75, 3.05) is 0 Å². The van der Waals surface area contributed by atoms with Crippen LogP contribution in [0, 0.1) is 6.92 Å². The lowest BCUT2D eigenvalue weighted by Gasteiger charge is -2.08. The Morgan fingerprint density at radius 2 is 1.83 bits per heavy atom. The molecule has 0 bridgehead atoms. The number of aryl methyl sites for hydroxylation is 3. The fourth-order valence-corrected chi connectivity index (χ4v) is 3.89. The lowest BCUT2D eigenvalue weighted by molar-refractivity contribution is 0.0976. The van der Waals surface area contributed by atoms with E-state index < -0.39 is 0 Å². The van der Waals surface area contributed by atoms with E-state index in [1.165, 1.54) is 16.7 Å². The molecule has 0 amide bonds. The van der Waals surface area contributed by atoms with Gasteiger partial charge in [-0.2, -0.15) is 0 Å². The third-order valence-electron chi connectivity index (χ3n) is 5.31. The van der Waals surface area contributed by atoms with Crippen LogP contribution in [0.3, 0.4) is 0 Å². The molecule has 0 saturated carbocycles. The summed E-state index contributed by atoms with van der Waals surface area (Å²) in [5.74, 6) is 0.111. The molecule has 0 radical (unpaired) electrons. The van der Waals surface area contributed by atoms with Gasteiger partial charge in [0.15, 0.2) is 5.78 Å². The van der Waals surface area contributed by atoms with Crippen LogP contribution in [0.4, 0.5) is 0 Å². The van der Waals surface area contributed by atoms with Gasteiger partial charge in [0.1, 0.15) is 11.3 Å². The summed E-state index contributed by atoms with van der Waals surface area (Å²) in [6.45, 7) is 4.14. The first-order chi connectivity index (χ1) is 14.1. The van der Waals surface area contributed by atoms with Crippen LogP contribution < -0.4 is 0 Å². The number of nitrogens with zero attached hydrogens (tertiary/aromatic N) is 2. The zero-order valence-corrected chi connectivity index (χ0v) is 17.4. The Labute approximate surface area is 176 Å². The number of fused-ring (bicyclic) bond motifs is 1. The molecule has 4 rings (SSSR count). The number of ketones is 1. The van der Waals surface area contributed by atoms with Gasteiger partial charge in [-0.25, -0.2) is 4.98 Å². The second kappa shape index (κ2) is 8.22. The molecule has 0 aliphatic heterocycles. The first-order valence-corrected chi connectivity index (χ1v) is 10.3. The number of pyridine rings is 1. The summed E-state index contributed by atoms with van der Waals surface area (Å²) in [6.07, 6.45) is 3.70. The lowest BCUT2D eigenvalue weighted by Crippen LogP contribution is -2.08. The van der Waals surface area contributed by atoms with E-state index in [4.69, 9.17) is 11.6 Å². The zero-order valence-electron chi connectivity index (χ0n) is 16.7. The van der Waals surface area contributed by atoms with Gasteiger partial charge < -0.3 is 0 Å². The van der Waals surface area contributed by atoms with Crippen LogP contribution in [-0.2, 0) is 12.8 Å². The van der Waals surface area contributed by atoms with Crippen LogP contribution in [0.1, 0.15) is 40.7 Å². The number of imidazole rings is 1. The highest BCUT2D eigenvalue weighted by Crippen LogP contribution is 2.24. The maximum Gasteiger partial charge on any atom is 0.181 e. The van der Waals surface area contributed by atoms with E-state index in [0.717, 1.165) is 16.9 Å². The molecule has 0 fully saturated rings. The van der Waals surface area contributed by atoms with E-state index in [0.29, 0.717) is 30.0 Å². The molecule has 3 nitrogen and oxygen atoms in total. The number of benzene rings is 2. The summed E-state index contributed by atoms with van der Waals surface area (Å²) < 4.78 is 1.86. The molecule has 29 heavy (non-hydrogen) atoms. The summed E-state index contributed by atoms with van der Waals surface area (Å²) in [4.78, 5) is 17.6. The zero-order chi connectivity index (χ0) is 20.4. The van der Waals surface area contributed by atoms with Crippen molar-refractivity contribution < 1.29 is 4.79 Å². The first-order valence-electron chi connectivity index (χ1n) is 9.91.